The third-order valence-corrected chi connectivity index (χ3v) is 5.97. The van der Waals surface area contributed by atoms with E-state index in [2.05, 4.69) is 17.2 Å². The first-order chi connectivity index (χ1) is 14.9. The van der Waals surface area contributed by atoms with E-state index >= 15 is 0 Å². The molecule has 0 atom stereocenters. The van der Waals surface area contributed by atoms with Crippen LogP contribution in [0.25, 0.3) is 0 Å². The molecule has 1 aliphatic rings. The fraction of sp³-hybridized carbons (Fsp3) is 0.292. The summed E-state index contributed by atoms with van der Waals surface area (Å²) in [5.74, 6) is -0.0558. The molecular formula is C24H25ClN4O2. The summed E-state index contributed by atoms with van der Waals surface area (Å²) in [6.07, 6.45) is 0. The Morgan fingerprint density at radius 3 is 2.06 bits per heavy atom. The lowest BCUT2D eigenvalue weighted by Gasteiger charge is -2.35. The molecule has 1 saturated heterocycles. The Bertz CT molecular complexity index is 1080. The first kappa shape index (κ1) is 21.1. The van der Waals surface area contributed by atoms with Crippen molar-refractivity contribution in [1.29, 1.82) is 0 Å². The van der Waals surface area contributed by atoms with E-state index in [0.717, 1.165) is 17.0 Å². The van der Waals surface area contributed by atoms with Gasteiger partial charge in [0.05, 0.1) is 17.8 Å². The Morgan fingerprint density at radius 1 is 0.871 bits per heavy atom. The molecule has 160 valence electrons. The third-order valence-electron chi connectivity index (χ3n) is 5.72. The van der Waals surface area contributed by atoms with Crippen molar-refractivity contribution < 1.29 is 9.59 Å². The molecule has 0 saturated carbocycles. The van der Waals surface area contributed by atoms with Crippen molar-refractivity contribution in [2.45, 2.75) is 20.4 Å². The minimum atomic E-state index is -0.0354. The summed E-state index contributed by atoms with van der Waals surface area (Å²) in [5, 5.41) is 5.21. The molecule has 1 aromatic heterocycles. The zero-order valence-corrected chi connectivity index (χ0v) is 18.5. The summed E-state index contributed by atoms with van der Waals surface area (Å²) < 4.78 is 1.89. The number of carbonyl (C=O) groups is 2. The smallest absolute Gasteiger partial charge is 0.257 e. The predicted molar refractivity (Wildman–Crippen MR) is 121 cm³/mol. The van der Waals surface area contributed by atoms with E-state index in [1.54, 1.807) is 29.2 Å². The SMILES string of the molecule is Cc1nn(Cc2ccccc2)c(C)c1C(=O)N1CCN(C(=O)c2ccc(Cl)cc2)CC1. The molecule has 1 aliphatic heterocycles. The second kappa shape index (κ2) is 8.94. The molecule has 2 heterocycles. The van der Waals surface area contributed by atoms with Gasteiger partial charge in [-0.1, -0.05) is 41.9 Å². The summed E-state index contributed by atoms with van der Waals surface area (Å²) in [4.78, 5) is 29.6. The highest BCUT2D eigenvalue weighted by molar-refractivity contribution is 6.30. The standard InChI is InChI=1S/C24H25ClN4O2/c1-17-22(18(2)29(26-17)16-19-6-4-3-5-7-19)24(31)28-14-12-27(13-15-28)23(30)20-8-10-21(25)11-9-20/h3-11H,12-16H2,1-2H3. The molecule has 0 N–H and O–H groups in total. The minimum Gasteiger partial charge on any atom is -0.335 e. The zero-order chi connectivity index (χ0) is 22.0. The van der Waals surface area contributed by atoms with Crippen molar-refractivity contribution >= 4 is 23.4 Å². The number of piperazine rings is 1. The van der Waals surface area contributed by atoms with Crippen molar-refractivity contribution in [3.63, 3.8) is 0 Å². The molecule has 7 heteroatoms. The summed E-state index contributed by atoms with van der Waals surface area (Å²) >= 11 is 5.91. The van der Waals surface area contributed by atoms with Gasteiger partial charge in [-0.25, -0.2) is 0 Å². The lowest BCUT2D eigenvalue weighted by atomic mass is 10.1. The Balaban J connectivity index is 1.43. The van der Waals surface area contributed by atoms with Crippen molar-refractivity contribution in [2.24, 2.45) is 0 Å². The highest BCUT2D eigenvalue weighted by atomic mass is 35.5. The van der Waals surface area contributed by atoms with E-state index in [0.29, 0.717) is 48.9 Å². The van der Waals surface area contributed by atoms with Crippen molar-refractivity contribution in [3.05, 3.63) is 87.7 Å². The summed E-state index contributed by atoms with van der Waals surface area (Å²) in [6, 6.07) is 17.0. The molecule has 2 amide bonds. The monoisotopic (exact) mass is 436 g/mol. The number of carbonyl (C=O) groups excluding carboxylic acids is 2. The van der Waals surface area contributed by atoms with E-state index < -0.39 is 0 Å². The molecule has 0 radical (unpaired) electrons. The normalized spacial score (nSPS) is 14.0. The second-order valence-corrected chi connectivity index (χ2v) is 8.22. The maximum Gasteiger partial charge on any atom is 0.257 e. The average Bonchev–Trinajstić information content (AvgIpc) is 3.07. The highest BCUT2D eigenvalue weighted by Crippen LogP contribution is 2.19. The van der Waals surface area contributed by atoms with Crippen LogP contribution in [0.2, 0.25) is 5.02 Å². The van der Waals surface area contributed by atoms with Gasteiger partial charge in [0, 0.05) is 42.5 Å². The van der Waals surface area contributed by atoms with Gasteiger partial charge in [-0.05, 0) is 43.7 Å². The first-order valence-corrected chi connectivity index (χ1v) is 10.7. The largest absolute Gasteiger partial charge is 0.335 e. The molecular weight excluding hydrogens is 412 g/mol. The first-order valence-electron chi connectivity index (χ1n) is 10.4. The second-order valence-electron chi connectivity index (χ2n) is 7.78. The summed E-state index contributed by atoms with van der Waals surface area (Å²) in [7, 11) is 0. The van der Waals surface area contributed by atoms with E-state index in [9.17, 15) is 9.59 Å². The van der Waals surface area contributed by atoms with Crippen LogP contribution in [0.1, 0.15) is 37.7 Å². The molecule has 0 aliphatic carbocycles. The molecule has 31 heavy (non-hydrogen) atoms. The van der Waals surface area contributed by atoms with Crippen molar-refractivity contribution in [2.75, 3.05) is 26.2 Å². The van der Waals surface area contributed by atoms with Gasteiger partial charge in [0.1, 0.15) is 0 Å². The lowest BCUT2D eigenvalue weighted by Crippen LogP contribution is -2.50. The number of rotatable bonds is 4. The minimum absolute atomic E-state index is 0.0205. The Labute approximate surface area is 187 Å². The van der Waals surface area contributed by atoms with Gasteiger partial charge in [0.25, 0.3) is 11.8 Å². The van der Waals surface area contributed by atoms with Crippen LogP contribution in [0.5, 0.6) is 0 Å². The Kier molecular flexibility index (Phi) is 6.09. The molecule has 0 spiro atoms. The molecule has 0 bridgehead atoms. The number of hydrogen-bond donors (Lipinski definition) is 0. The Morgan fingerprint density at radius 2 is 1.45 bits per heavy atom. The van der Waals surface area contributed by atoms with E-state index in [-0.39, 0.29) is 11.8 Å². The van der Waals surface area contributed by atoms with Crippen LogP contribution in [0, 0.1) is 13.8 Å². The Hall–Kier alpha value is -3.12. The summed E-state index contributed by atoms with van der Waals surface area (Å²) in [6.45, 7) is 6.46. The van der Waals surface area contributed by atoms with Crippen molar-refractivity contribution in [3.8, 4) is 0 Å². The number of amides is 2. The maximum atomic E-state index is 13.2. The van der Waals surface area contributed by atoms with Crippen LogP contribution < -0.4 is 0 Å². The van der Waals surface area contributed by atoms with Gasteiger partial charge in [-0.3, -0.25) is 14.3 Å². The number of benzene rings is 2. The van der Waals surface area contributed by atoms with Crippen molar-refractivity contribution in [1.82, 2.24) is 19.6 Å². The van der Waals surface area contributed by atoms with E-state index in [4.69, 9.17) is 11.6 Å². The number of halogens is 1. The van der Waals surface area contributed by atoms with E-state index in [1.165, 1.54) is 0 Å². The van der Waals surface area contributed by atoms with E-state index in [1.807, 2.05) is 41.6 Å². The molecule has 6 nitrogen and oxygen atoms in total. The van der Waals surface area contributed by atoms with Crippen LogP contribution in [0.3, 0.4) is 0 Å². The van der Waals surface area contributed by atoms with Crippen LogP contribution in [0.4, 0.5) is 0 Å². The van der Waals surface area contributed by atoms with Gasteiger partial charge in [0.2, 0.25) is 0 Å². The predicted octanol–water partition coefficient (Wildman–Crippen LogP) is 3.80. The molecule has 1 fully saturated rings. The van der Waals surface area contributed by atoms with Crippen LogP contribution in [0.15, 0.2) is 54.6 Å². The fourth-order valence-corrected chi connectivity index (χ4v) is 4.09. The third kappa shape index (κ3) is 4.49. The quantitative estimate of drug-likeness (QED) is 0.625. The van der Waals surface area contributed by atoms with Gasteiger partial charge in [0.15, 0.2) is 0 Å². The maximum absolute atomic E-state index is 13.2. The molecule has 2 aromatic carbocycles. The highest BCUT2D eigenvalue weighted by Gasteiger charge is 2.28. The average molecular weight is 437 g/mol. The van der Waals surface area contributed by atoms with Crippen LogP contribution in [-0.2, 0) is 6.54 Å². The molecule has 3 aromatic rings. The number of aryl methyl sites for hydroxylation is 1. The fourth-order valence-electron chi connectivity index (χ4n) is 3.96. The number of nitrogens with zero attached hydrogens (tertiary/aromatic N) is 4. The topological polar surface area (TPSA) is 58.4 Å². The number of hydrogen-bond acceptors (Lipinski definition) is 3. The van der Waals surface area contributed by atoms with Gasteiger partial charge in [-0.2, -0.15) is 5.10 Å². The van der Waals surface area contributed by atoms with Gasteiger partial charge < -0.3 is 9.80 Å². The summed E-state index contributed by atoms with van der Waals surface area (Å²) in [5.41, 5.74) is 4.01. The van der Waals surface area contributed by atoms with Gasteiger partial charge in [-0.15, -0.1) is 0 Å². The lowest BCUT2D eigenvalue weighted by molar-refractivity contribution is 0.0534. The van der Waals surface area contributed by atoms with Crippen LogP contribution in [-0.4, -0.2) is 57.6 Å². The van der Waals surface area contributed by atoms with Crippen LogP contribution >= 0.6 is 11.6 Å². The molecule has 4 rings (SSSR count). The number of aromatic nitrogens is 2. The van der Waals surface area contributed by atoms with Gasteiger partial charge >= 0.3 is 0 Å². The zero-order valence-electron chi connectivity index (χ0n) is 17.7. The molecule has 0 unspecified atom stereocenters.